The van der Waals surface area contributed by atoms with Crippen molar-refractivity contribution >= 4 is 11.8 Å². The molecule has 1 atom stereocenters. The van der Waals surface area contributed by atoms with Gasteiger partial charge in [-0.1, -0.05) is 18.6 Å². The average molecular weight is 240 g/mol. The van der Waals surface area contributed by atoms with E-state index < -0.39 is 0 Å². The van der Waals surface area contributed by atoms with Crippen LogP contribution in [0.4, 0.5) is 4.39 Å². The Bertz CT molecular complexity index is 342. The van der Waals surface area contributed by atoms with Crippen LogP contribution >= 0.6 is 11.8 Å². The van der Waals surface area contributed by atoms with Gasteiger partial charge in [-0.2, -0.15) is 0 Å². The van der Waals surface area contributed by atoms with Gasteiger partial charge in [0.05, 0.1) is 0 Å². The van der Waals surface area contributed by atoms with E-state index in [1.165, 1.54) is 37.1 Å². The lowest BCUT2D eigenvalue weighted by Gasteiger charge is -2.33. The second kappa shape index (κ2) is 5.66. The van der Waals surface area contributed by atoms with Gasteiger partial charge in [-0.15, -0.1) is 11.8 Å². The summed E-state index contributed by atoms with van der Waals surface area (Å²) < 4.78 is 13.4. The predicted octanol–water partition coefficient (Wildman–Crippen LogP) is 2.55. The van der Waals surface area contributed by atoms with E-state index in [1.54, 1.807) is 6.07 Å². The van der Waals surface area contributed by atoms with Crippen LogP contribution in [0.5, 0.6) is 0 Å². The van der Waals surface area contributed by atoms with Crippen LogP contribution in [-0.4, -0.2) is 11.8 Å². The van der Waals surface area contributed by atoms with Crippen molar-refractivity contribution in [1.29, 1.82) is 0 Å². The summed E-state index contributed by atoms with van der Waals surface area (Å²) in [6.07, 6.45) is 3.78. The molecule has 1 unspecified atom stereocenters. The maximum atomic E-state index is 13.4. The number of thioether (sulfide) groups is 1. The minimum atomic E-state index is -0.142. The van der Waals surface area contributed by atoms with Crippen LogP contribution in [0, 0.1) is 11.7 Å². The molecule has 0 bridgehead atoms. The van der Waals surface area contributed by atoms with E-state index in [2.05, 4.69) is 5.43 Å². The number of benzene rings is 1. The maximum absolute atomic E-state index is 13.4. The van der Waals surface area contributed by atoms with Gasteiger partial charge < -0.3 is 0 Å². The number of hydrogen-bond acceptors (Lipinski definition) is 3. The van der Waals surface area contributed by atoms with Gasteiger partial charge in [0.1, 0.15) is 5.82 Å². The highest BCUT2D eigenvalue weighted by atomic mass is 32.2. The van der Waals surface area contributed by atoms with Crippen LogP contribution in [0.1, 0.15) is 19.3 Å². The van der Waals surface area contributed by atoms with Crippen LogP contribution in [0.2, 0.25) is 0 Å². The van der Waals surface area contributed by atoms with Crippen molar-refractivity contribution in [2.24, 2.45) is 11.8 Å². The smallest absolute Gasteiger partial charge is 0.136 e. The molecule has 3 N–H and O–H groups in total. The average Bonchev–Trinajstić information content (AvgIpc) is 2.23. The highest BCUT2D eigenvalue weighted by molar-refractivity contribution is 7.99. The molecule has 1 aromatic rings. The maximum Gasteiger partial charge on any atom is 0.136 e. The van der Waals surface area contributed by atoms with Gasteiger partial charge >= 0.3 is 0 Å². The number of hydrogen-bond donors (Lipinski definition) is 2. The Morgan fingerprint density at radius 3 is 2.75 bits per heavy atom. The Hall–Kier alpha value is -0.580. The Balaban J connectivity index is 1.88. The Labute approximate surface area is 99.8 Å². The van der Waals surface area contributed by atoms with Crippen molar-refractivity contribution in [2.45, 2.75) is 30.2 Å². The van der Waals surface area contributed by atoms with E-state index in [0.29, 0.717) is 16.9 Å². The first-order valence-corrected chi connectivity index (χ1v) is 6.63. The topological polar surface area (TPSA) is 38.0 Å². The van der Waals surface area contributed by atoms with Gasteiger partial charge in [-0.3, -0.25) is 11.3 Å². The first kappa shape index (κ1) is 11.9. The standard InChI is InChI=1S/C12H17FN2S/c13-10-6-1-2-7-12(10)16-8-11(15-14)9-4-3-5-9/h1-2,6-7,9,11,15H,3-5,8,14H2. The van der Waals surface area contributed by atoms with Crippen molar-refractivity contribution in [2.75, 3.05) is 5.75 Å². The Morgan fingerprint density at radius 2 is 2.19 bits per heavy atom. The van der Waals surface area contributed by atoms with E-state index in [4.69, 9.17) is 5.84 Å². The van der Waals surface area contributed by atoms with Crippen molar-refractivity contribution in [3.8, 4) is 0 Å². The summed E-state index contributed by atoms with van der Waals surface area (Å²) in [5.74, 6) is 6.89. The molecule has 1 aliphatic rings. The fourth-order valence-electron chi connectivity index (χ4n) is 1.90. The SMILES string of the molecule is NNC(CSc1ccccc1F)C1CCC1. The van der Waals surface area contributed by atoms with E-state index in [0.717, 1.165) is 5.75 Å². The number of nitrogens with one attached hydrogen (secondary N) is 1. The van der Waals surface area contributed by atoms with Gasteiger partial charge in [0.2, 0.25) is 0 Å². The third-order valence-electron chi connectivity index (χ3n) is 3.19. The Morgan fingerprint density at radius 1 is 1.44 bits per heavy atom. The van der Waals surface area contributed by atoms with Crippen molar-refractivity contribution in [3.63, 3.8) is 0 Å². The van der Waals surface area contributed by atoms with Crippen LogP contribution in [0.3, 0.4) is 0 Å². The Kier molecular flexibility index (Phi) is 4.21. The zero-order chi connectivity index (χ0) is 11.4. The summed E-state index contributed by atoms with van der Waals surface area (Å²) in [7, 11) is 0. The molecule has 88 valence electrons. The van der Waals surface area contributed by atoms with Gasteiger partial charge in [-0.05, 0) is 30.9 Å². The second-order valence-corrected chi connectivity index (χ2v) is 5.27. The monoisotopic (exact) mass is 240 g/mol. The summed E-state index contributed by atoms with van der Waals surface area (Å²) in [5, 5.41) is 0. The van der Waals surface area contributed by atoms with E-state index in [-0.39, 0.29) is 5.82 Å². The molecular formula is C12H17FN2S. The molecule has 4 heteroatoms. The van der Waals surface area contributed by atoms with Crippen LogP contribution < -0.4 is 11.3 Å². The van der Waals surface area contributed by atoms with Gasteiger partial charge in [0.25, 0.3) is 0 Å². The third-order valence-corrected chi connectivity index (χ3v) is 4.36. The first-order chi connectivity index (χ1) is 7.81. The summed E-state index contributed by atoms with van der Waals surface area (Å²) >= 11 is 1.54. The highest BCUT2D eigenvalue weighted by Crippen LogP contribution is 2.32. The molecule has 1 fully saturated rings. The first-order valence-electron chi connectivity index (χ1n) is 5.64. The molecule has 0 aromatic heterocycles. The summed E-state index contributed by atoms with van der Waals surface area (Å²) in [5.41, 5.74) is 2.85. The number of rotatable bonds is 5. The minimum absolute atomic E-state index is 0.142. The fourth-order valence-corrected chi connectivity index (χ4v) is 3.01. The number of halogens is 1. The van der Waals surface area contributed by atoms with Crippen molar-refractivity contribution in [1.82, 2.24) is 5.43 Å². The van der Waals surface area contributed by atoms with Crippen molar-refractivity contribution < 1.29 is 4.39 Å². The molecule has 2 rings (SSSR count). The van der Waals surface area contributed by atoms with Gasteiger partial charge in [-0.25, -0.2) is 4.39 Å². The van der Waals surface area contributed by atoms with E-state index in [1.807, 2.05) is 12.1 Å². The second-order valence-electron chi connectivity index (χ2n) is 4.21. The zero-order valence-electron chi connectivity index (χ0n) is 9.16. The number of hydrazine groups is 1. The molecular weight excluding hydrogens is 223 g/mol. The largest absolute Gasteiger partial charge is 0.271 e. The van der Waals surface area contributed by atoms with Gasteiger partial charge in [0, 0.05) is 16.7 Å². The third kappa shape index (κ3) is 2.75. The molecule has 0 amide bonds. The minimum Gasteiger partial charge on any atom is -0.271 e. The predicted molar refractivity (Wildman–Crippen MR) is 65.6 cm³/mol. The zero-order valence-corrected chi connectivity index (χ0v) is 9.97. The molecule has 1 aromatic carbocycles. The molecule has 0 saturated heterocycles. The summed E-state index contributed by atoms with van der Waals surface area (Å²) in [6, 6.07) is 7.19. The van der Waals surface area contributed by atoms with E-state index >= 15 is 0 Å². The molecule has 0 aliphatic heterocycles. The molecule has 1 saturated carbocycles. The molecule has 2 nitrogen and oxygen atoms in total. The molecule has 16 heavy (non-hydrogen) atoms. The molecule has 0 spiro atoms. The van der Waals surface area contributed by atoms with Crippen LogP contribution in [0.15, 0.2) is 29.2 Å². The van der Waals surface area contributed by atoms with E-state index in [9.17, 15) is 4.39 Å². The van der Waals surface area contributed by atoms with Gasteiger partial charge in [0.15, 0.2) is 0 Å². The number of nitrogens with two attached hydrogens (primary N) is 1. The summed E-state index contributed by atoms with van der Waals surface area (Å²) in [4.78, 5) is 0.710. The quantitative estimate of drug-likeness (QED) is 0.472. The molecule has 0 heterocycles. The van der Waals surface area contributed by atoms with Crippen molar-refractivity contribution in [3.05, 3.63) is 30.1 Å². The lowest BCUT2D eigenvalue weighted by atomic mass is 9.80. The highest BCUT2D eigenvalue weighted by Gasteiger charge is 2.26. The van der Waals surface area contributed by atoms with Crippen LogP contribution in [-0.2, 0) is 0 Å². The summed E-state index contributed by atoms with van der Waals surface area (Å²) in [6.45, 7) is 0. The lowest BCUT2D eigenvalue weighted by Crippen LogP contribution is -2.45. The fraction of sp³-hybridized carbons (Fsp3) is 0.500. The molecule has 0 radical (unpaired) electrons. The normalized spacial score (nSPS) is 18.1. The van der Waals surface area contributed by atoms with Crippen LogP contribution in [0.25, 0.3) is 0 Å². The lowest BCUT2D eigenvalue weighted by molar-refractivity contribution is 0.246. The molecule has 1 aliphatic carbocycles.